The summed E-state index contributed by atoms with van der Waals surface area (Å²) in [6, 6.07) is 17.1. The van der Waals surface area contributed by atoms with E-state index < -0.39 is 0 Å². The molecule has 0 radical (unpaired) electrons. The maximum Gasteiger partial charge on any atom is 0.256 e. The molecule has 0 aliphatic rings. The van der Waals surface area contributed by atoms with Gasteiger partial charge in [0.2, 0.25) is 0 Å². The van der Waals surface area contributed by atoms with Crippen molar-refractivity contribution in [2.75, 3.05) is 24.3 Å². The molecule has 27 heavy (non-hydrogen) atoms. The lowest BCUT2D eigenvalue weighted by Gasteiger charge is -2.09. The number of rotatable bonds is 7. The summed E-state index contributed by atoms with van der Waals surface area (Å²) >= 11 is 0. The Balaban J connectivity index is 1.54. The fourth-order valence-electron chi connectivity index (χ4n) is 2.57. The number of carbonyl (C=O) groups excluding carboxylic acids is 1. The molecule has 0 spiro atoms. The van der Waals surface area contributed by atoms with Crippen LogP contribution >= 0.6 is 0 Å². The van der Waals surface area contributed by atoms with Crippen LogP contribution in [0.15, 0.2) is 66.9 Å². The molecular formula is C21H20FN3O2. The highest BCUT2D eigenvalue weighted by Crippen LogP contribution is 2.15. The number of benzene rings is 2. The van der Waals surface area contributed by atoms with Crippen molar-refractivity contribution < 1.29 is 13.9 Å². The maximum atomic E-state index is 13.6. The number of hydrogen-bond acceptors (Lipinski definition) is 4. The first-order valence-corrected chi connectivity index (χ1v) is 8.54. The second-order valence-corrected chi connectivity index (χ2v) is 5.89. The van der Waals surface area contributed by atoms with Gasteiger partial charge in [-0.25, -0.2) is 9.37 Å². The Morgan fingerprint density at radius 3 is 2.70 bits per heavy atom. The zero-order chi connectivity index (χ0) is 19.1. The molecule has 1 amide bonds. The molecule has 0 saturated heterocycles. The van der Waals surface area contributed by atoms with E-state index >= 15 is 0 Å². The Kier molecular flexibility index (Phi) is 5.99. The number of nitrogens with zero attached hydrogens (tertiary/aromatic N) is 1. The van der Waals surface area contributed by atoms with Gasteiger partial charge in [-0.05, 0) is 48.4 Å². The molecule has 0 unspecified atom stereocenters. The van der Waals surface area contributed by atoms with Crippen LogP contribution in [0.2, 0.25) is 0 Å². The van der Waals surface area contributed by atoms with Gasteiger partial charge in [0.15, 0.2) is 0 Å². The molecule has 0 bridgehead atoms. The summed E-state index contributed by atoms with van der Waals surface area (Å²) < 4.78 is 18.7. The van der Waals surface area contributed by atoms with Crippen LogP contribution in [0.25, 0.3) is 0 Å². The van der Waals surface area contributed by atoms with Crippen LogP contribution in [0.5, 0.6) is 5.75 Å². The average Bonchev–Trinajstić information content (AvgIpc) is 2.71. The molecule has 0 atom stereocenters. The number of aromatic nitrogens is 1. The van der Waals surface area contributed by atoms with E-state index in [2.05, 4.69) is 15.6 Å². The van der Waals surface area contributed by atoms with Crippen molar-refractivity contribution in [2.24, 2.45) is 0 Å². The molecule has 5 nitrogen and oxygen atoms in total. The van der Waals surface area contributed by atoms with Gasteiger partial charge in [0.05, 0.1) is 19.0 Å². The maximum absolute atomic E-state index is 13.6. The minimum absolute atomic E-state index is 0.201. The second kappa shape index (κ2) is 8.80. The molecule has 1 heterocycles. The number of ether oxygens (including phenoxy) is 1. The zero-order valence-corrected chi connectivity index (χ0v) is 14.9. The van der Waals surface area contributed by atoms with Crippen molar-refractivity contribution >= 4 is 17.4 Å². The Bertz CT molecular complexity index is 913. The molecule has 0 fully saturated rings. The third-order valence-electron chi connectivity index (χ3n) is 4.02. The first kappa shape index (κ1) is 18.4. The first-order valence-electron chi connectivity index (χ1n) is 8.54. The predicted octanol–water partition coefficient (Wildman–Crippen LogP) is 4.14. The van der Waals surface area contributed by atoms with Crippen molar-refractivity contribution in [1.82, 2.24) is 4.98 Å². The summed E-state index contributed by atoms with van der Waals surface area (Å²) in [7, 11) is 1.55. The van der Waals surface area contributed by atoms with E-state index in [9.17, 15) is 9.18 Å². The molecule has 138 valence electrons. The minimum atomic E-state index is -0.262. The fraction of sp³-hybridized carbons (Fsp3) is 0.143. The van der Waals surface area contributed by atoms with Crippen LogP contribution in [0, 0.1) is 5.82 Å². The third kappa shape index (κ3) is 5.04. The molecular weight excluding hydrogens is 345 g/mol. The lowest BCUT2D eigenvalue weighted by atomic mass is 10.1. The quantitative estimate of drug-likeness (QED) is 0.661. The van der Waals surface area contributed by atoms with Crippen LogP contribution in [-0.4, -0.2) is 24.5 Å². The normalized spacial score (nSPS) is 10.3. The molecule has 0 aliphatic heterocycles. The highest BCUT2D eigenvalue weighted by atomic mass is 19.1. The van der Waals surface area contributed by atoms with Crippen LogP contribution in [0.4, 0.5) is 15.9 Å². The topological polar surface area (TPSA) is 63.2 Å². The Morgan fingerprint density at radius 1 is 1.11 bits per heavy atom. The minimum Gasteiger partial charge on any atom is -0.497 e. The summed E-state index contributed by atoms with van der Waals surface area (Å²) in [5.74, 6) is 0.599. The van der Waals surface area contributed by atoms with Crippen molar-refractivity contribution in [3.63, 3.8) is 0 Å². The first-order chi connectivity index (χ1) is 13.2. The molecule has 0 saturated carbocycles. The van der Waals surface area contributed by atoms with Crippen molar-refractivity contribution in [3.05, 3.63) is 83.8 Å². The van der Waals surface area contributed by atoms with Gasteiger partial charge in [-0.2, -0.15) is 0 Å². The zero-order valence-electron chi connectivity index (χ0n) is 14.9. The van der Waals surface area contributed by atoms with Gasteiger partial charge in [0.1, 0.15) is 17.4 Å². The standard InChI is InChI=1S/C21H20FN3O2/c1-27-18-7-4-6-16(13-18)21(26)25-20-10-9-17(14-24-20)23-12-11-15-5-2-3-8-19(15)22/h2-10,13-14,23H,11-12H2,1H3,(H,24,25,26). The van der Waals surface area contributed by atoms with Gasteiger partial charge in [0, 0.05) is 12.1 Å². The second-order valence-electron chi connectivity index (χ2n) is 5.89. The summed E-state index contributed by atoms with van der Waals surface area (Å²) in [6.45, 7) is 0.581. The van der Waals surface area contributed by atoms with E-state index in [0.717, 1.165) is 5.69 Å². The lowest BCUT2D eigenvalue weighted by molar-refractivity contribution is 0.102. The molecule has 6 heteroatoms. The van der Waals surface area contributed by atoms with Crippen molar-refractivity contribution in [2.45, 2.75) is 6.42 Å². The molecule has 3 aromatic rings. The van der Waals surface area contributed by atoms with Crippen LogP contribution in [-0.2, 0) is 6.42 Å². The summed E-state index contributed by atoms with van der Waals surface area (Å²) in [5.41, 5.74) is 1.95. The van der Waals surface area contributed by atoms with Gasteiger partial charge >= 0.3 is 0 Å². The number of halogens is 1. The van der Waals surface area contributed by atoms with Crippen molar-refractivity contribution in [1.29, 1.82) is 0 Å². The van der Waals surface area contributed by atoms with Crippen LogP contribution in [0.1, 0.15) is 15.9 Å². The van der Waals surface area contributed by atoms with E-state index in [4.69, 9.17) is 4.74 Å². The third-order valence-corrected chi connectivity index (χ3v) is 4.02. The molecule has 2 N–H and O–H groups in total. The predicted molar refractivity (Wildman–Crippen MR) is 104 cm³/mol. The molecule has 0 aliphatic carbocycles. The highest BCUT2D eigenvalue weighted by molar-refractivity contribution is 6.04. The van der Waals surface area contributed by atoms with E-state index in [1.807, 2.05) is 12.1 Å². The molecule has 3 rings (SSSR count). The smallest absolute Gasteiger partial charge is 0.256 e. The number of amides is 1. The Hall–Kier alpha value is -3.41. The Labute approximate surface area is 157 Å². The highest BCUT2D eigenvalue weighted by Gasteiger charge is 2.08. The largest absolute Gasteiger partial charge is 0.497 e. The summed E-state index contributed by atoms with van der Waals surface area (Å²) in [4.78, 5) is 16.5. The van der Waals surface area contributed by atoms with Crippen LogP contribution < -0.4 is 15.4 Å². The van der Waals surface area contributed by atoms with E-state index in [-0.39, 0.29) is 11.7 Å². The number of carbonyl (C=O) groups is 1. The number of pyridine rings is 1. The van der Waals surface area contributed by atoms with Gasteiger partial charge in [-0.3, -0.25) is 4.79 Å². The molecule has 2 aromatic carbocycles. The fourth-order valence-corrected chi connectivity index (χ4v) is 2.57. The van der Waals surface area contributed by atoms with E-state index in [1.165, 1.54) is 6.07 Å². The average molecular weight is 365 g/mol. The van der Waals surface area contributed by atoms with Gasteiger partial charge in [0.25, 0.3) is 5.91 Å². The number of methoxy groups -OCH3 is 1. The summed E-state index contributed by atoms with van der Waals surface area (Å²) in [5, 5.41) is 5.93. The van der Waals surface area contributed by atoms with Gasteiger partial charge in [-0.15, -0.1) is 0 Å². The van der Waals surface area contributed by atoms with Crippen molar-refractivity contribution in [3.8, 4) is 5.75 Å². The van der Waals surface area contributed by atoms with Gasteiger partial charge < -0.3 is 15.4 Å². The molecule has 1 aromatic heterocycles. The number of hydrogen-bond donors (Lipinski definition) is 2. The van der Waals surface area contributed by atoms with Crippen LogP contribution in [0.3, 0.4) is 0 Å². The SMILES string of the molecule is COc1cccc(C(=O)Nc2ccc(NCCc3ccccc3F)cn2)c1. The van der Waals surface area contributed by atoms with E-state index in [1.54, 1.807) is 55.8 Å². The Morgan fingerprint density at radius 2 is 1.96 bits per heavy atom. The monoisotopic (exact) mass is 365 g/mol. The number of anilines is 2. The van der Waals surface area contributed by atoms with Gasteiger partial charge in [-0.1, -0.05) is 24.3 Å². The number of nitrogens with one attached hydrogen (secondary N) is 2. The lowest BCUT2D eigenvalue weighted by Crippen LogP contribution is -2.13. The summed E-state index contributed by atoms with van der Waals surface area (Å²) in [6.07, 6.45) is 2.20. The van der Waals surface area contributed by atoms with E-state index in [0.29, 0.717) is 35.7 Å².